The first-order valence-electron chi connectivity index (χ1n) is 8.40. The lowest BCUT2D eigenvalue weighted by molar-refractivity contribution is 0.0697. The molecule has 26 heavy (non-hydrogen) atoms. The number of rotatable bonds is 4. The number of hydrogen-bond acceptors (Lipinski definition) is 1. The maximum absolute atomic E-state index is 11.7. The average Bonchev–Trinajstić information content (AvgIpc) is 3.14. The summed E-state index contributed by atoms with van der Waals surface area (Å²) in [6, 6.07) is 29.3. The van der Waals surface area contributed by atoms with Gasteiger partial charge in [-0.05, 0) is 29.3 Å². The number of para-hydroxylation sites is 1. The van der Waals surface area contributed by atoms with Crippen LogP contribution in [0, 0.1) is 0 Å². The molecule has 0 saturated heterocycles. The van der Waals surface area contributed by atoms with Crippen LogP contribution in [-0.4, -0.2) is 15.6 Å². The van der Waals surface area contributed by atoms with Gasteiger partial charge in [0.1, 0.15) is 0 Å². The summed E-state index contributed by atoms with van der Waals surface area (Å²) in [7, 11) is 0. The molecular formula is C23H17NO2. The molecule has 0 aliphatic rings. The summed E-state index contributed by atoms with van der Waals surface area (Å²) in [5.41, 5.74) is 5.06. The van der Waals surface area contributed by atoms with Crippen molar-refractivity contribution in [3.63, 3.8) is 0 Å². The Hall–Kier alpha value is -3.59. The van der Waals surface area contributed by atoms with Crippen LogP contribution in [-0.2, 0) is 0 Å². The van der Waals surface area contributed by atoms with Gasteiger partial charge in [-0.3, -0.25) is 0 Å². The van der Waals surface area contributed by atoms with Crippen LogP contribution in [0.4, 0.5) is 0 Å². The molecule has 0 fully saturated rings. The molecule has 0 aliphatic heterocycles. The van der Waals surface area contributed by atoms with Crippen molar-refractivity contribution in [1.29, 1.82) is 0 Å². The van der Waals surface area contributed by atoms with Gasteiger partial charge >= 0.3 is 5.97 Å². The SMILES string of the molecule is O=C(O)c1ccccc1-n1cc(-c2ccccc2)cc1-c1ccccc1. The van der Waals surface area contributed by atoms with Gasteiger partial charge in [-0.1, -0.05) is 72.8 Å². The van der Waals surface area contributed by atoms with Crippen LogP contribution >= 0.6 is 0 Å². The predicted molar refractivity (Wildman–Crippen MR) is 104 cm³/mol. The van der Waals surface area contributed by atoms with Gasteiger partial charge in [-0.25, -0.2) is 4.79 Å². The molecule has 0 radical (unpaired) electrons. The van der Waals surface area contributed by atoms with Crippen molar-refractivity contribution in [2.24, 2.45) is 0 Å². The van der Waals surface area contributed by atoms with Gasteiger partial charge in [-0.15, -0.1) is 0 Å². The van der Waals surface area contributed by atoms with E-state index in [1.807, 2.05) is 71.4 Å². The van der Waals surface area contributed by atoms with Crippen molar-refractivity contribution in [1.82, 2.24) is 4.57 Å². The van der Waals surface area contributed by atoms with Crippen LogP contribution in [0.15, 0.2) is 97.2 Å². The predicted octanol–water partition coefficient (Wildman–Crippen LogP) is 5.51. The maximum Gasteiger partial charge on any atom is 0.337 e. The molecule has 3 nitrogen and oxygen atoms in total. The zero-order chi connectivity index (χ0) is 17.9. The minimum atomic E-state index is -0.936. The first kappa shape index (κ1) is 15.9. The molecule has 1 N–H and O–H groups in total. The minimum absolute atomic E-state index is 0.278. The number of nitrogens with zero attached hydrogens (tertiary/aromatic N) is 1. The van der Waals surface area contributed by atoms with Crippen molar-refractivity contribution in [3.05, 3.63) is 103 Å². The highest BCUT2D eigenvalue weighted by Crippen LogP contribution is 2.32. The molecule has 0 unspecified atom stereocenters. The van der Waals surface area contributed by atoms with Crippen molar-refractivity contribution in [2.45, 2.75) is 0 Å². The van der Waals surface area contributed by atoms with Crippen molar-refractivity contribution in [3.8, 4) is 28.1 Å². The van der Waals surface area contributed by atoms with Crippen LogP contribution in [0.25, 0.3) is 28.1 Å². The third-order valence-electron chi connectivity index (χ3n) is 4.39. The topological polar surface area (TPSA) is 42.2 Å². The number of hydrogen-bond donors (Lipinski definition) is 1. The first-order chi connectivity index (χ1) is 12.7. The van der Waals surface area contributed by atoms with Crippen molar-refractivity contribution >= 4 is 5.97 Å². The molecule has 0 atom stereocenters. The summed E-state index contributed by atoms with van der Waals surface area (Å²) in [4.78, 5) is 11.7. The molecule has 4 rings (SSSR count). The maximum atomic E-state index is 11.7. The Morgan fingerprint density at radius 1 is 0.692 bits per heavy atom. The second kappa shape index (κ2) is 6.73. The highest BCUT2D eigenvalue weighted by Gasteiger charge is 2.16. The summed E-state index contributed by atoms with van der Waals surface area (Å²) < 4.78 is 1.96. The van der Waals surface area contributed by atoms with E-state index in [1.54, 1.807) is 12.1 Å². The lowest BCUT2D eigenvalue weighted by Gasteiger charge is -2.12. The fourth-order valence-electron chi connectivity index (χ4n) is 3.15. The van der Waals surface area contributed by atoms with E-state index >= 15 is 0 Å². The summed E-state index contributed by atoms with van der Waals surface area (Å²) >= 11 is 0. The number of benzene rings is 3. The summed E-state index contributed by atoms with van der Waals surface area (Å²) in [5, 5.41) is 9.60. The Balaban J connectivity index is 1.97. The molecule has 1 aromatic heterocycles. The molecule has 126 valence electrons. The molecule has 0 aliphatic carbocycles. The van der Waals surface area contributed by atoms with Crippen LogP contribution in [0.2, 0.25) is 0 Å². The lowest BCUT2D eigenvalue weighted by Crippen LogP contribution is -2.05. The Bertz CT molecular complexity index is 1050. The van der Waals surface area contributed by atoms with E-state index in [4.69, 9.17) is 0 Å². The van der Waals surface area contributed by atoms with Gasteiger partial charge < -0.3 is 9.67 Å². The molecule has 0 bridgehead atoms. The molecule has 0 spiro atoms. The van der Waals surface area contributed by atoms with Gasteiger partial charge in [0.2, 0.25) is 0 Å². The number of carboxylic acids is 1. The van der Waals surface area contributed by atoms with E-state index in [0.29, 0.717) is 5.69 Å². The molecule has 3 heteroatoms. The standard InChI is InChI=1S/C23H17NO2/c25-23(26)20-13-7-8-14-21(20)24-16-19(17-9-3-1-4-10-17)15-22(24)18-11-5-2-6-12-18/h1-16H,(H,25,26). The number of carbonyl (C=O) groups is 1. The number of aromatic carboxylic acids is 1. The Morgan fingerprint density at radius 2 is 1.27 bits per heavy atom. The number of carboxylic acid groups (broad SMARTS) is 1. The van der Waals surface area contributed by atoms with E-state index in [0.717, 1.165) is 22.4 Å². The van der Waals surface area contributed by atoms with E-state index in [2.05, 4.69) is 18.2 Å². The molecule has 0 saturated carbocycles. The average molecular weight is 339 g/mol. The summed E-state index contributed by atoms with van der Waals surface area (Å²) in [6.45, 7) is 0. The summed E-state index contributed by atoms with van der Waals surface area (Å²) in [5.74, 6) is -0.936. The third-order valence-corrected chi connectivity index (χ3v) is 4.39. The monoisotopic (exact) mass is 339 g/mol. The van der Waals surface area contributed by atoms with E-state index in [1.165, 1.54) is 0 Å². The van der Waals surface area contributed by atoms with E-state index < -0.39 is 5.97 Å². The fourth-order valence-corrected chi connectivity index (χ4v) is 3.15. The second-order valence-corrected chi connectivity index (χ2v) is 6.04. The lowest BCUT2D eigenvalue weighted by atomic mass is 10.1. The zero-order valence-corrected chi connectivity index (χ0v) is 14.0. The molecule has 0 amide bonds. The Morgan fingerprint density at radius 3 is 1.92 bits per heavy atom. The van der Waals surface area contributed by atoms with Gasteiger partial charge in [0, 0.05) is 11.8 Å². The molecule has 4 aromatic rings. The Labute approximate surface area is 151 Å². The highest BCUT2D eigenvalue weighted by molar-refractivity contribution is 5.92. The van der Waals surface area contributed by atoms with Crippen LogP contribution in [0.5, 0.6) is 0 Å². The minimum Gasteiger partial charge on any atom is -0.478 e. The van der Waals surface area contributed by atoms with Crippen molar-refractivity contribution < 1.29 is 9.90 Å². The quantitative estimate of drug-likeness (QED) is 0.533. The van der Waals surface area contributed by atoms with Gasteiger partial charge in [0.25, 0.3) is 0 Å². The van der Waals surface area contributed by atoms with E-state index in [9.17, 15) is 9.90 Å². The van der Waals surface area contributed by atoms with E-state index in [-0.39, 0.29) is 5.56 Å². The van der Waals surface area contributed by atoms with Crippen LogP contribution < -0.4 is 0 Å². The normalized spacial score (nSPS) is 10.6. The van der Waals surface area contributed by atoms with Crippen LogP contribution in [0.1, 0.15) is 10.4 Å². The smallest absolute Gasteiger partial charge is 0.337 e. The van der Waals surface area contributed by atoms with Crippen molar-refractivity contribution in [2.75, 3.05) is 0 Å². The third kappa shape index (κ3) is 2.91. The summed E-state index contributed by atoms with van der Waals surface area (Å²) in [6.07, 6.45) is 2.00. The highest BCUT2D eigenvalue weighted by atomic mass is 16.4. The van der Waals surface area contributed by atoms with Gasteiger partial charge in [-0.2, -0.15) is 0 Å². The second-order valence-electron chi connectivity index (χ2n) is 6.04. The van der Waals surface area contributed by atoms with Gasteiger partial charge in [0.15, 0.2) is 0 Å². The van der Waals surface area contributed by atoms with Gasteiger partial charge in [0.05, 0.1) is 16.9 Å². The Kier molecular flexibility index (Phi) is 4.12. The fraction of sp³-hybridized carbons (Fsp3) is 0. The zero-order valence-electron chi connectivity index (χ0n) is 14.0. The largest absolute Gasteiger partial charge is 0.478 e. The first-order valence-corrected chi connectivity index (χ1v) is 8.40. The molecular weight excluding hydrogens is 322 g/mol. The van der Waals surface area contributed by atoms with Crippen LogP contribution in [0.3, 0.4) is 0 Å². The number of aromatic nitrogens is 1. The molecule has 3 aromatic carbocycles. The molecule has 1 heterocycles.